The zero-order valence-corrected chi connectivity index (χ0v) is 10.7. The van der Waals surface area contributed by atoms with E-state index in [-0.39, 0.29) is 17.6 Å². The molecule has 8 nitrogen and oxygen atoms in total. The highest BCUT2D eigenvalue weighted by Gasteiger charge is 2.48. The molecule has 1 saturated carbocycles. The van der Waals surface area contributed by atoms with Gasteiger partial charge in [0.05, 0.1) is 4.92 Å². The second-order valence-corrected chi connectivity index (χ2v) is 5.29. The first kappa shape index (κ1) is 12.8. The maximum absolute atomic E-state index is 11.5. The number of nitrogens with zero attached hydrogens (tertiary/aromatic N) is 4. The summed E-state index contributed by atoms with van der Waals surface area (Å²) in [6.07, 6.45) is 5.24. The van der Waals surface area contributed by atoms with E-state index in [0.29, 0.717) is 12.5 Å². The van der Waals surface area contributed by atoms with E-state index >= 15 is 0 Å². The maximum Gasteiger partial charge on any atom is 0.326 e. The van der Waals surface area contributed by atoms with Crippen molar-refractivity contribution >= 4 is 17.6 Å². The number of carboxylic acid groups (broad SMARTS) is 1. The topological polar surface area (TPSA) is 109 Å². The zero-order valence-electron chi connectivity index (χ0n) is 10.7. The van der Waals surface area contributed by atoms with Crippen LogP contribution in [0.1, 0.15) is 19.3 Å². The minimum atomic E-state index is -0.874. The molecule has 1 saturated heterocycles. The molecule has 2 fully saturated rings. The number of carbonyl (C=O) groups is 1. The van der Waals surface area contributed by atoms with Crippen molar-refractivity contribution in [3.63, 3.8) is 0 Å². The largest absolute Gasteiger partial charge is 0.480 e. The summed E-state index contributed by atoms with van der Waals surface area (Å²) >= 11 is 0. The average Bonchev–Trinajstić information content (AvgIpc) is 2.97. The Morgan fingerprint density at radius 3 is 2.70 bits per heavy atom. The van der Waals surface area contributed by atoms with Crippen LogP contribution in [0, 0.1) is 22.0 Å². The molecule has 0 radical (unpaired) electrons. The van der Waals surface area contributed by atoms with E-state index in [0.717, 1.165) is 31.7 Å². The van der Waals surface area contributed by atoms with Gasteiger partial charge in [-0.3, -0.25) is 10.1 Å². The number of carboxylic acids is 1. The van der Waals surface area contributed by atoms with Gasteiger partial charge in [0.15, 0.2) is 0 Å². The molecule has 1 aromatic rings. The molecule has 0 bridgehead atoms. The molecule has 0 aromatic carbocycles. The molecule has 3 unspecified atom stereocenters. The molecular weight excluding hydrogens is 264 g/mol. The van der Waals surface area contributed by atoms with Crippen LogP contribution in [0.5, 0.6) is 0 Å². The second-order valence-electron chi connectivity index (χ2n) is 5.29. The number of hydrogen-bond donors (Lipinski definition) is 1. The van der Waals surface area contributed by atoms with E-state index < -0.39 is 16.9 Å². The summed E-state index contributed by atoms with van der Waals surface area (Å²) < 4.78 is 0. The van der Waals surface area contributed by atoms with Crippen molar-refractivity contribution in [3.8, 4) is 0 Å². The fourth-order valence-corrected chi connectivity index (χ4v) is 3.38. The van der Waals surface area contributed by atoms with Crippen LogP contribution in [0.15, 0.2) is 12.4 Å². The Morgan fingerprint density at radius 1 is 1.40 bits per heavy atom. The number of anilines is 1. The van der Waals surface area contributed by atoms with E-state index in [1.54, 1.807) is 4.90 Å². The fraction of sp³-hybridized carbons (Fsp3) is 0.583. The van der Waals surface area contributed by atoms with E-state index in [2.05, 4.69) is 9.97 Å². The van der Waals surface area contributed by atoms with E-state index in [9.17, 15) is 20.0 Å². The van der Waals surface area contributed by atoms with Crippen LogP contribution >= 0.6 is 0 Å². The van der Waals surface area contributed by atoms with Crippen LogP contribution in [-0.4, -0.2) is 38.6 Å². The smallest absolute Gasteiger partial charge is 0.326 e. The zero-order chi connectivity index (χ0) is 14.3. The van der Waals surface area contributed by atoms with Crippen molar-refractivity contribution in [2.75, 3.05) is 11.4 Å². The molecule has 3 rings (SSSR count). The third-order valence-corrected chi connectivity index (χ3v) is 4.24. The van der Waals surface area contributed by atoms with Gasteiger partial charge in [-0.1, -0.05) is 6.42 Å². The van der Waals surface area contributed by atoms with E-state index in [1.165, 1.54) is 0 Å². The lowest BCUT2D eigenvalue weighted by Crippen LogP contribution is -2.40. The van der Waals surface area contributed by atoms with Gasteiger partial charge in [-0.2, -0.15) is 0 Å². The standard InChI is InChI=1S/C12H14N4O4/c17-11(18)10-9-3-1-2-7(9)6-15(10)12-13-4-8(5-14-12)16(19)20/h4-5,7,9-10H,1-3,6H2,(H,17,18). The van der Waals surface area contributed by atoms with Crippen LogP contribution in [-0.2, 0) is 4.79 Å². The number of aromatic nitrogens is 2. The molecule has 2 aliphatic rings. The molecule has 0 spiro atoms. The first-order chi connectivity index (χ1) is 9.58. The molecule has 0 amide bonds. The first-order valence-electron chi connectivity index (χ1n) is 6.54. The molecule has 1 aliphatic heterocycles. The molecule has 3 atom stereocenters. The lowest BCUT2D eigenvalue weighted by Gasteiger charge is -2.23. The molecular formula is C12H14N4O4. The summed E-state index contributed by atoms with van der Waals surface area (Å²) in [7, 11) is 0. The van der Waals surface area contributed by atoms with Gasteiger partial charge in [-0.25, -0.2) is 14.8 Å². The predicted molar refractivity (Wildman–Crippen MR) is 68.3 cm³/mol. The SMILES string of the molecule is O=C(O)C1C2CCCC2CN1c1ncc([N+](=O)[O-])cn1. The van der Waals surface area contributed by atoms with Gasteiger partial charge in [0.1, 0.15) is 18.4 Å². The molecule has 1 N–H and O–H groups in total. The van der Waals surface area contributed by atoms with Crippen molar-refractivity contribution in [2.45, 2.75) is 25.3 Å². The van der Waals surface area contributed by atoms with Crippen LogP contribution < -0.4 is 4.90 Å². The average molecular weight is 278 g/mol. The predicted octanol–water partition coefficient (Wildman–Crippen LogP) is 1.07. The highest BCUT2D eigenvalue weighted by molar-refractivity contribution is 5.78. The number of fused-ring (bicyclic) bond motifs is 1. The van der Waals surface area contributed by atoms with Gasteiger partial charge in [0, 0.05) is 6.54 Å². The van der Waals surface area contributed by atoms with Gasteiger partial charge in [0.25, 0.3) is 0 Å². The molecule has 2 heterocycles. The lowest BCUT2D eigenvalue weighted by atomic mass is 9.94. The highest BCUT2D eigenvalue weighted by Crippen LogP contribution is 2.43. The third kappa shape index (κ3) is 1.97. The fourth-order valence-electron chi connectivity index (χ4n) is 3.38. The summed E-state index contributed by atoms with van der Waals surface area (Å²) in [6, 6.07) is -0.621. The second kappa shape index (κ2) is 4.69. The lowest BCUT2D eigenvalue weighted by molar-refractivity contribution is -0.385. The number of rotatable bonds is 3. The Kier molecular flexibility index (Phi) is 3.00. The minimum Gasteiger partial charge on any atom is -0.480 e. The summed E-state index contributed by atoms with van der Waals surface area (Å²) in [5, 5.41) is 20.0. The first-order valence-corrected chi connectivity index (χ1v) is 6.54. The van der Waals surface area contributed by atoms with E-state index in [4.69, 9.17) is 0 Å². The minimum absolute atomic E-state index is 0.131. The van der Waals surface area contributed by atoms with Gasteiger partial charge in [0.2, 0.25) is 5.95 Å². The number of hydrogen-bond acceptors (Lipinski definition) is 6. The summed E-state index contributed by atoms with van der Waals surface area (Å²) in [5.41, 5.74) is -0.194. The normalized spacial score (nSPS) is 28.4. The Bertz CT molecular complexity index is 547. The number of aliphatic carboxylic acids is 1. The van der Waals surface area contributed by atoms with Crippen molar-refractivity contribution in [3.05, 3.63) is 22.5 Å². The Morgan fingerprint density at radius 2 is 2.10 bits per heavy atom. The Labute approximate surface area is 114 Å². The third-order valence-electron chi connectivity index (χ3n) is 4.24. The van der Waals surface area contributed by atoms with Crippen molar-refractivity contribution in [2.24, 2.45) is 11.8 Å². The van der Waals surface area contributed by atoms with Crippen molar-refractivity contribution in [1.82, 2.24) is 9.97 Å². The molecule has 8 heteroatoms. The molecule has 1 aromatic heterocycles. The van der Waals surface area contributed by atoms with Gasteiger partial charge in [-0.15, -0.1) is 0 Å². The highest BCUT2D eigenvalue weighted by atomic mass is 16.6. The summed E-state index contributed by atoms with van der Waals surface area (Å²) in [5.74, 6) is -0.125. The van der Waals surface area contributed by atoms with Crippen LogP contribution in [0.3, 0.4) is 0 Å². The van der Waals surface area contributed by atoms with Crippen molar-refractivity contribution < 1.29 is 14.8 Å². The summed E-state index contributed by atoms with van der Waals surface area (Å²) in [6.45, 7) is 0.611. The van der Waals surface area contributed by atoms with Crippen LogP contribution in [0.4, 0.5) is 11.6 Å². The maximum atomic E-state index is 11.5. The Hall–Kier alpha value is -2.25. The number of nitro groups is 1. The monoisotopic (exact) mass is 278 g/mol. The molecule has 1 aliphatic carbocycles. The molecule has 20 heavy (non-hydrogen) atoms. The van der Waals surface area contributed by atoms with Crippen LogP contribution in [0.25, 0.3) is 0 Å². The van der Waals surface area contributed by atoms with E-state index in [1.807, 2.05) is 0 Å². The van der Waals surface area contributed by atoms with Gasteiger partial charge in [-0.05, 0) is 24.7 Å². The quantitative estimate of drug-likeness (QED) is 0.650. The van der Waals surface area contributed by atoms with Crippen molar-refractivity contribution in [1.29, 1.82) is 0 Å². The van der Waals surface area contributed by atoms with Crippen LogP contribution in [0.2, 0.25) is 0 Å². The van der Waals surface area contributed by atoms with Gasteiger partial charge < -0.3 is 10.0 Å². The summed E-state index contributed by atoms with van der Waals surface area (Å²) in [4.78, 5) is 31.1. The molecule has 106 valence electrons. The van der Waals surface area contributed by atoms with Gasteiger partial charge >= 0.3 is 11.7 Å². The Balaban J connectivity index is 1.88.